The lowest BCUT2D eigenvalue weighted by molar-refractivity contribution is -0.253. The van der Waals surface area contributed by atoms with Crippen LogP contribution < -0.4 is 15.5 Å². The number of carbonyl (C=O) groups excluding carboxylic acids is 2. The van der Waals surface area contributed by atoms with Crippen LogP contribution in [-0.2, 0) is 32.2 Å². The van der Waals surface area contributed by atoms with Crippen LogP contribution in [0.4, 0.5) is 5.69 Å². The first kappa shape index (κ1) is 33.0. The quantitative estimate of drug-likeness (QED) is 0.219. The van der Waals surface area contributed by atoms with Gasteiger partial charge < -0.3 is 35.0 Å². The summed E-state index contributed by atoms with van der Waals surface area (Å²) in [4.78, 5) is 29.3. The molecule has 3 atom stereocenters. The second kappa shape index (κ2) is 14.5. The molecular formula is C40H44N4O5. The van der Waals surface area contributed by atoms with Gasteiger partial charge in [0.15, 0.2) is 6.29 Å². The van der Waals surface area contributed by atoms with Gasteiger partial charge in [0, 0.05) is 50.8 Å². The Kier molecular flexibility index (Phi) is 9.77. The molecule has 3 heterocycles. The van der Waals surface area contributed by atoms with Gasteiger partial charge in [0.1, 0.15) is 5.54 Å². The molecule has 49 heavy (non-hydrogen) atoms. The number of ether oxygens (including phenoxy) is 2. The summed E-state index contributed by atoms with van der Waals surface area (Å²) < 4.78 is 13.3. The van der Waals surface area contributed by atoms with Crippen molar-refractivity contribution in [2.45, 2.75) is 63.4 Å². The van der Waals surface area contributed by atoms with Crippen molar-refractivity contribution in [3.05, 3.63) is 125 Å². The maximum atomic E-state index is 13.2. The Morgan fingerprint density at radius 3 is 2.33 bits per heavy atom. The standard InChI is InChI=1S/C40H44N4O5/c1-28(46)41-24-30-6-5-7-34(22-30)31-14-16-33(17-15-31)38-48-36(23-37(49-38)32-12-10-29(26-45)11-13-32)25-43-20-18-40(19-21-43)39(47)42-27-44(40)35-8-3-2-4-9-35/h2-17,22,36-38,45H,18-21,23-27H2,1H3,(H,41,46)(H,42,47). The predicted molar refractivity (Wildman–Crippen MR) is 188 cm³/mol. The fraction of sp³-hybridized carbons (Fsp3) is 0.350. The second-order valence-corrected chi connectivity index (χ2v) is 13.3. The van der Waals surface area contributed by atoms with Gasteiger partial charge in [0.05, 0.1) is 25.5 Å². The van der Waals surface area contributed by atoms with Crippen LogP contribution in [0.15, 0.2) is 103 Å². The number of aliphatic hydroxyl groups excluding tert-OH is 1. The van der Waals surface area contributed by atoms with E-state index >= 15 is 0 Å². The van der Waals surface area contributed by atoms with Crippen LogP contribution >= 0.6 is 0 Å². The van der Waals surface area contributed by atoms with E-state index in [1.165, 1.54) is 6.92 Å². The Hall–Kier alpha value is -4.54. The number of aliphatic hydroxyl groups is 1. The van der Waals surface area contributed by atoms with Crippen LogP contribution in [0.1, 0.15) is 60.8 Å². The Morgan fingerprint density at radius 2 is 1.61 bits per heavy atom. The van der Waals surface area contributed by atoms with E-state index in [-0.39, 0.29) is 30.6 Å². The van der Waals surface area contributed by atoms with Gasteiger partial charge in [0.25, 0.3) is 0 Å². The fourth-order valence-electron chi connectivity index (χ4n) is 7.38. The van der Waals surface area contributed by atoms with Crippen molar-refractivity contribution in [1.29, 1.82) is 0 Å². The van der Waals surface area contributed by atoms with Crippen molar-refractivity contribution in [1.82, 2.24) is 15.5 Å². The number of hydrogen-bond acceptors (Lipinski definition) is 7. The lowest BCUT2D eigenvalue weighted by Crippen LogP contribution is -2.57. The highest BCUT2D eigenvalue weighted by atomic mass is 16.7. The summed E-state index contributed by atoms with van der Waals surface area (Å²) in [5, 5.41) is 15.6. The van der Waals surface area contributed by atoms with Gasteiger partial charge in [-0.2, -0.15) is 0 Å². The highest BCUT2D eigenvalue weighted by molar-refractivity contribution is 5.93. The van der Waals surface area contributed by atoms with Crippen LogP contribution in [0.3, 0.4) is 0 Å². The molecule has 0 aromatic heterocycles. The van der Waals surface area contributed by atoms with E-state index in [4.69, 9.17) is 9.47 Å². The minimum atomic E-state index is -0.549. The first-order valence-electron chi connectivity index (χ1n) is 17.2. The van der Waals surface area contributed by atoms with E-state index in [0.717, 1.165) is 71.5 Å². The molecule has 3 unspecified atom stereocenters. The summed E-state index contributed by atoms with van der Waals surface area (Å²) in [7, 11) is 0. The molecular weight excluding hydrogens is 616 g/mol. The molecule has 0 saturated carbocycles. The van der Waals surface area contributed by atoms with E-state index in [9.17, 15) is 14.7 Å². The van der Waals surface area contributed by atoms with Crippen LogP contribution in [0.25, 0.3) is 11.1 Å². The Bertz CT molecular complexity index is 1740. The summed E-state index contributed by atoms with van der Waals surface area (Å²) in [5.74, 6) is 0.0657. The number of benzene rings is 4. The third kappa shape index (κ3) is 7.26. The van der Waals surface area contributed by atoms with Gasteiger partial charge in [-0.25, -0.2) is 0 Å². The molecule has 0 bridgehead atoms. The molecule has 2 amide bonds. The van der Waals surface area contributed by atoms with E-state index in [2.05, 4.69) is 69.0 Å². The number of piperidine rings is 1. The lowest BCUT2D eigenvalue weighted by atomic mass is 9.85. The average Bonchev–Trinajstić information content (AvgIpc) is 3.46. The Morgan fingerprint density at radius 1 is 0.878 bits per heavy atom. The fourth-order valence-corrected chi connectivity index (χ4v) is 7.38. The van der Waals surface area contributed by atoms with Gasteiger partial charge >= 0.3 is 0 Å². The number of hydrogen-bond donors (Lipinski definition) is 3. The molecule has 9 heteroatoms. The van der Waals surface area contributed by atoms with E-state index < -0.39 is 11.8 Å². The average molecular weight is 661 g/mol. The summed E-state index contributed by atoms with van der Waals surface area (Å²) in [6.07, 6.45) is 1.40. The van der Waals surface area contributed by atoms with Crippen LogP contribution in [-0.4, -0.2) is 59.8 Å². The number of carbonyl (C=O) groups is 2. The van der Waals surface area contributed by atoms with Crippen LogP contribution in [0, 0.1) is 0 Å². The first-order chi connectivity index (χ1) is 23.9. The molecule has 9 nitrogen and oxygen atoms in total. The minimum Gasteiger partial charge on any atom is -0.392 e. The van der Waals surface area contributed by atoms with Crippen LogP contribution in [0.5, 0.6) is 0 Å². The smallest absolute Gasteiger partial charge is 0.247 e. The zero-order valence-corrected chi connectivity index (χ0v) is 27.9. The zero-order chi connectivity index (χ0) is 33.8. The monoisotopic (exact) mass is 660 g/mol. The SMILES string of the molecule is CC(=O)NCc1cccc(-c2ccc(C3OC(CN4CCC5(CC4)C(=O)NCN5c4ccccc4)CC(c4ccc(CO)cc4)O3)cc2)c1. The van der Waals surface area contributed by atoms with Crippen molar-refractivity contribution < 1.29 is 24.2 Å². The summed E-state index contributed by atoms with van der Waals surface area (Å²) in [5.41, 5.74) is 6.59. The maximum absolute atomic E-state index is 13.2. The molecule has 7 rings (SSSR count). The van der Waals surface area contributed by atoms with E-state index in [1.807, 2.05) is 54.6 Å². The van der Waals surface area contributed by atoms with Gasteiger partial charge in [-0.15, -0.1) is 0 Å². The third-order valence-electron chi connectivity index (χ3n) is 10.1. The molecule has 3 aliphatic heterocycles. The molecule has 3 fully saturated rings. The Labute approximate surface area is 287 Å². The van der Waals surface area contributed by atoms with Gasteiger partial charge in [-0.3, -0.25) is 9.59 Å². The molecule has 4 aromatic rings. The number of para-hydroxylation sites is 1. The number of nitrogens with one attached hydrogen (secondary N) is 2. The molecule has 4 aromatic carbocycles. The van der Waals surface area contributed by atoms with Gasteiger partial charge in [-0.1, -0.05) is 84.9 Å². The molecule has 254 valence electrons. The first-order valence-corrected chi connectivity index (χ1v) is 17.2. The summed E-state index contributed by atoms with van der Waals surface area (Å²) >= 11 is 0. The molecule has 1 spiro atoms. The maximum Gasteiger partial charge on any atom is 0.247 e. The van der Waals surface area contributed by atoms with Crippen molar-refractivity contribution in [3.8, 4) is 11.1 Å². The van der Waals surface area contributed by atoms with Crippen molar-refractivity contribution >= 4 is 17.5 Å². The number of rotatable bonds is 9. The summed E-state index contributed by atoms with van der Waals surface area (Å²) in [6.45, 7) is 4.89. The summed E-state index contributed by atoms with van der Waals surface area (Å²) in [6, 6.07) is 34.7. The van der Waals surface area contributed by atoms with E-state index in [0.29, 0.717) is 19.6 Å². The molecule has 0 radical (unpaired) electrons. The number of anilines is 1. The van der Waals surface area contributed by atoms with Gasteiger partial charge in [0.2, 0.25) is 11.8 Å². The largest absolute Gasteiger partial charge is 0.392 e. The van der Waals surface area contributed by atoms with Crippen molar-refractivity contribution in [2.75, 3.05) is 31.2 Å². The normalized spacial score (nSPS) is 22.2. The third-order valence-corrected chi connectivity index (χ3v) is 10.1. The van der Waals surface area contributed by atoms with Gasteiger partial charge in [-0.05, 0) is 58.9 Å². The molecule has 3 aliphatic rings. The lowest BCUT2D eigenvalue weighted by Gasteiger charge is -2.45. The second-order valence-electron chi connectivity index (χ2n) is 13.3. The Balaban J connectivity index is 1.06. The van der Waals surface area contributed by atoms with Crippen LogP contribution in [0.2, 0.25) is 0 Å². The number of likely N-dealkylation sites (tertiary alicyclic amines) is 1. The highest BCUT2D eigenvalue weighted by Gasteiger charge is 2.50. The molecule has 3 N–H and O–H groups in total. The molecule has 3 saturated heterocycles. The number of amides is 2. The topological polar surface area (TPSA) is 103 Å². The highest BCUT2D eigenvalue weighted by Crippen LogP contribution is 2.40. The minimum absolute atomic E-state index is 0.00115. The predicted octanol–water partition coefficient (Wildman–Crippen LogP) is 5.46. The zero-order valence-electron chi connectivity index (χ0n) is 27.9. The van der Waals surface area contributed by atoms with Crippen molar-refractivity contribution in [3.63, 3.8) is 0 Å². The van der Waals surface area contributed by atoms with Crippen molar-refractivity contribution in [2.24, 2.45) is 0 Å². The van der Waals surface area contributed by atoms with E-state index in [1.54, 1.807) is 0 Å². The number of nitrogens with zero attached hydrogens (tertiary/aromatic N) is 2. The molecule has 0 aliphatic carbocycles.